The number of amides is 3. The van der Waals surface area contributed by atoms with Crippen LogP contribution in [0, 0.1) is 25.7 Å². The first kappa shape index (κ1) is 20.2. The zero-order valence-corrected chi connectivity index (χ0v) is 19.1. The van der Waals surface area contributed by atoms with Crippen molar-refractivity contribution in [1.82, 2.24) is 4.90 Å². The Bertz CT molecular complexity index is 1250. The molecule has 8 heteroatoms. The Balaban J connectivity index is 1.59. The standard InChI is InChI=1S/C24H21Cl2N3O3/c1-11-9-13-20(15(26)10-11)27-23(32)24(13)19-18(17-7-4-8-28(17)24)21(30)29(22(19)31)16-6-3-5-14(25)12(16)2/h3,5-6,9-10,17-19H,4,7-8H2,1-2H3,(H,27,32)/t17-,18+,19+,24-/m1/s1. The van der Waals surface area contributed by atoms with Gasteiger partial charge in [0.1, 0.15) is 5.54 Å². The maximum Gasteiger partial charge on any atom is 0.250 e. The summed E-state index contributed by atoms with van der Waals surface area (Å²) < 4.78 is 0. The largest absolute Gasteiger partial charge is 0.323 e. The second kappa shape index (κ2) is 6.56. The number of imide groups is 1. The van der Waals surface area contributed by atoms with Crippen LogP contribution in [-0.4, -0.2) is 35.2 Å². The van der Waals surface area contributed by atoms with Crippen molar-refractivity contribution >= 4 is 52.3 Å². The smallest absolute Gasteiger partial charge is 0.250 e. The molecule has 0 unspecified atom stereocenters. The lowest BCUT2D eigenvalue weighted by Gasteiger charge is -2.37. The fraction of sp³-hybridized carbons (Fsp3) is 0.375. The van der Waals surface area contributed by atoms with Crippen molar-refractivity contribution in [2.45, 2.75) is 38.3 Å². The molecule has 0 aliphatic carbocycles. The van der Waals surface area contributed by atoms with Gasteiger partial charge in [-0.3, -0.25) is 19.3 Å². The normalized spacial score (nSPS) is 30.8. The van der Waals surface area contributed by atoms with Gasteiger partial charge in [0.25, 0.3) is 5.91 Å². The molecule has 3 amide bonds. The number of benzene rings is 2. The van der Waals surface area contributed by atoms with E-state index in [1.54, 1.807) is 31.2 Å². The van der Waals surface area contributed by atoms with Gasteiger partial charge in [-0.2, -0.15) is 0 Å². The van der Waals surface area contributed by atoms with E-state index in [1.165, 1.54) is 4.90 Å². The number of anilines is 2. The Morgan fingerprint density at radius 3 is 2.62 bits per heavy atom. The second-order valence-corrected chi connectivity index (χ2v) is 10.0. The summed E-state index contributed by atoms with van der Waals surface area (Å²) in [5.41, 5.74) is 2.09. The molecular weight excluding hydrogens is 449 g/mol. The van der Waals surface area contributed by atoms with Crippen molar-refractivity contribution < 1.29 is 14.4 Å². The van der Waals surface area contributed by atoms with Gasteiger partial charge in [0.05, 0.1) is 28.2 Å². The lowest BCUT2D eigenvalue weighted by Crippen LogP contribution is -2.54. The third-order valence-corrected chi connectivity index (χ3v) is 8.39. The molecule has 0 saturated carbocycles. The molecule has 1 N–H and O–H groups in total. The van der Waals surface area contributed by atoms with Crippen LogP contribution in [0.5, 0.6) is 0 Å². The van der Waals surface area contributed by atoms with Crippen molar-refractivity contribution in [3.63, 3.8) is 0 Å². The number of halogens is 2. The van der Waals surface area contributed by atoms with Crippen molar-refractivity contribution in [2.24, 2.45) is 11.8 Å². The average molecular weight is 470 g/mol. The van der Waals surface area contributed by atoms with E-state index in [4.69, 9.17) is 23.2 Å². The number of aryl methyl sites for hydroxylation is 1. The summed E-state index contributed by atoms with van der Waals surface area (Å²) in [6.45, 7) is 4.37. The first-order chi connectivity index (χ1) is 15.3. The topological polar surface area (TPSA) is 69.7 Å². The summed E-state index contributed by atoms with van der Waals surface area (Å²) in [5, 5.41) is 3.88. The highest BCUT2D eigenvalue weighted by molar-refractivity contribution is 6.35. The molecule has 4 aliphatic heterocycles. The van der Waals surface area contributed by atoms with Crippen LogP contribution in [0.4, 0.5) is 11.4 Å². The molecule has 4 aliphatic rings. The minimum Gasteiger partial charge on any atom is -0.323 e. The van der Waals surface area contributed by atoms with Gasteiger partial charge >= 0.3 is 0 Å². The van der Waals surface area contributed by atoms with Crippen LogP contribution in [0.2, 0.25) is 10.0 Å². The molecule has 3 fully saturated rings. The van der Waals surface area contributed by atoms with E-state index in [1.807, 2.05) is 13.0 Å². The Labute approximate surface area is 195 Å². The van der Waals surface area contributed by atoms with Gasteiger partial charge in [0.15, 0.2) is 0 Å². The number of rotatable bonds is 1. The van der Waals surface area contributed by atoms with Crippen molar-refractivity contribution in [3.05, 3.63) is 57.1 Å². The van der Waals surface area contributed by atoms with Gasteiger partial charge in [0, 0.05) is 16.6 Å². The van der Waals surface area contributed by atoms with E-state index >= 15 is 0 Å². The van der Waals surface area contributed by atoms with E-state index < -0.39 is 17.4 Å². The van der Waals surface area contributed by atoms with Crippen molar-refractivity contribution in [3.8, 4) is 0 Å². The second-order valence-electron chi connectivity index (χ2n) is 9.19. The van der Waals surface area contributed by atoms with Crippen LogP contribution in [0.1, 0.15) is 29.5 Å². The molecule has 3 saturated heterocycles. The number of hydrogen-bond acceptors (Lipinski definition) is 4. The Hall–Kier alpha value is -2.41. The first-order valence-corrected chi connectivity index (χ1v) is 11.6. The molecule has 0 aromatic heterocycles. The summed E-state index contributed by atoms with van der Waals surface area (Å²) >= 11 is 12.8. The number of hydrogen-bond donors (Lipinski definition) is 1. The van der Waals surface area contributed by atoms with Gasteiger partial charge in [0.2, 0.25) is 11.8 Å². The highest BCUT2D eigenvalue weighted by Gasteiger charge is 2.74. The number of fused-ring (bicyclic) bond motifs is 7. The SMILES string of the molecule is Cc1cc(Cl)c2c(c1)[C@]1(C(=O)N2)[C@@H]2C(=O)N(c3cccc(Cl)c3C)C(=O)[C@H]2[C@H]2CCCN21. The lowest BCUT2D eigenvalue weighted by atomic mass is 9.75. The highest BCUT2D eigenvalue weighted by Crippen LogP contribution is 2.61. The summed E-state index contributed by atoms with van der Waals surface area (Å²) in [6.07, 6.45) is 1.64. The molecule has 2 aromatic carbocycles. The summed E-state index contributed by atoms with van der Waals surface area (Å²) in [7, 11) is 0. The van der Waals surface area contributed by atoms with Gasteiger partial charge in [-0.05, 0) is 62.6 Å². The molecule has 1 spiro atoms. The minimum absolute atomic E-state index is 0.170. The molecule has 6 nitrogen and oxygen atoms in total. The van der Waals surface area contributed by atoms with E-state index in [0.717, 1.165) is 18.4 Å². The van der Waals surface area contributed by atoms with Gasteiger partial charge < -0.3 is 5.32 Å². The highest BCUT2D eigenvalue weighted by atomic mass is 35.5. The van der Waals surface area contributed by atoms with Crippen LogP contribution < -0.4 is 10.2 Å². The van der Waals surface area contributed by atoms with Gasteiger partial charge in [-0.1, -0.05) is 35.3 Å². The fourth-order valence-electron chi connectivity index (χ4n) is 6.47. The lowest BCUT2D eigenvalue weighted by molar-refractivity contribution is -0.135. The Kier molecular flexibility index (Phi) is 4.15. The average Bonchev–Trinajstić information content (AvgIpc) is 3.44. The predicted octanol–water partition coefficient (Wildman–Crippen LogP) is 4.04. The molecule has 4 atom stereocenters. The molecule has 6 rings (SSSR count). The summed E-state index contributed by atoms with van der Waals surface area (Å²) in [6, 6.07) is 8.77. The van der Waals surface area contributed by atoms with Crippen molar-refractivity contribution in [1.29, 1.82) is 0 Å². The maximum atomic E-state index is 14.0. The maximum absolute atomic E-state index is 14.0. The molecule has 2 aromatic rings. The van der Waals surface area contributed by atoms with Crippen molar-refractivity contribution in [2.75, 3.05) is 16.8 Å². The van der Waals surface area contributed by atoms with E-state index in [2.05, 4.69) is 10.2 Å². The quantitative estimate of drug-likeness (QED) is 0.639. The molecule has 164 valence electrons. The molecular formula is C24H21Cl2N3O3. The first-order valence-electron chi connectivity index (χ1n) is 10.8. The predicted molar refractivity (Wildman–Crippen MR) is 122 cm³/mol. The van der Waals surface area contributed by atoms with Crippen LogP contribution >= 0.6 is 23.2 Å². The zero-order valence-electron chi connectivity index (χ0n) is 17.6. The zero-order chi connectivity index (χ0) is 22.5. The van der Waals surface area contributed by atoms with E-state index in [9.17, 15) is 14.4 Å². The monoisotopic (exact) mass is 469 g/mol. The number of nitrogens with zero attached hydrogens (tertiary/aromatic N) is 2. The summed E-state index contributed by atoms with van der Waals surface area (Å²) in [5.74, 6) is -2.26. The van der Waals surface area contributed by atoms with E-state index in [0.29, 0.717) is 39.1 Å². The fourth-order valence-corrected chi connectivity index (χ4v) is 6.96. The third kappa shape index (κ3) is 2.23. The number of carbonyl (C=O) groups excluding carboxylic acids is 3. The molecule has 4 heterocycles. The summed E-state index contributed by atoms with van der Waals surface area (Å²) in [4.78, 5) is 44.8. The number of carbonyl (C=O) groups is 3. The van der Waals surface area contributed by atoms with E-state index in [-0.39, 0.29) is 23.8 Å². The van der Waals surface area contributed by atoms with Gasteiger partial charge in [-0.15, -0.1) is 0 Å². The minimum atomic E-state index is -1.23. The van der Waals surface area contributed by atoms with Gasteiger partial charge in [-0.25, -0.2) is 4.90 Å². The van der Waals surface area contributed by atoms with Crippen LogP contribution in [-0.2, 0) is 19.9 Å². The van der Waals surface area contributed by atoms with Crippen LogP contribution in [0.25, 0.3) is 0 Å². The number of nitrogens with one attached hydrogen (secondary N) is 1. The molecule has 0 bridgehead atoms. The van der Waals surface area contributed by atoms with Crippen LogP contribution in [0.3, 0.4) is 0 Å². The Morgan fingerprint density at radius 2 is 1.84 bits per heavy atom. The van der Waals surface area contributed by atoms with Crippen LogP contribution in [0.15, 0.2) is 30.3 Å². The Morgan fingerprint density at radius 1 is 1.06 bits per heavy atom. The molecule has 32 heavy (non-hydrogen) atoms. The molecule has 0 radical (unpaired) electrons. The third-order valence-electron chi connectivity index (χ3n) is 7.68.